The van der Waals surface area contributed by atoms with E-state index in [1.807, 2.05) is 36.4 Å². The van der Waals surface area contributed by atoms with Crippen molar-refractivity contribution in [2.75, 3.05) is 18.1 Å². The van der Waals surface area contributed by atoms with Crippen LogP contribution in [0.25, 0.3) is 0 Å². The number of urea groups is 1. The van der Waals surface area contributed by atoms with E-state index < -0.39 is 0 Å². The predicted molar refractivity (Wildman–Crippen MR) is 82.8 cm³/mol. The maximum absolute atomic E-state index is 12.1. The molecule has 2 aromatic carbocycles. The Hall–Kier alpha value is -2.20. The molecule has 104 valence electrons. The van der Waals surface area contributed by atoms with Gasteiger partial charge in [0.1, 0.15) is 0 Å². The third-order valence-corrected chi connectivity index (χ3v) is 3.16. The molecule has 0 aliphatic rings. The number of anilines is 2. The van der Waals surface area contributed by atoms with Gasteiger partial charge in [-0.25, -0.2) is 4.79 Å². The quantitative estimate of drug-likeness (QED) is 0.849. The van der Waals surface area contributed by atoms with Crippen molar-refractivity contribution >= 4 is 29.0 Å². The molecule has 0 aromatic heterocycles. The molecule has 2 aromatic rings. The molecule has 0 bridgehead atoms. The van der Waals surface area contributed by atoms with Crippen molar-refractivity contribution in [3.8, 4) is 0 Å². The largest absolute Gasteiger partial charge is 0.399 e. The molecule has 0 atom stereocenters. The first-order valence-electron chi connectivity index (χ1n) is 6.17. The lowest BCUT2D eigenvalue weighted by Crippen LogP contribution is -2.30. The van der Waals surface area contributed by atoms with Crippen LogP contribution in [-0.2, 0) is 6.54 Å². The number of rotatable bonds is 3. The summed E-state index contributed by atoms with van der Waals surface area (Å²) < 4.78 is 0. The highest BCUT2D eigenvalue weighted by Crippen LogP contribution is 2.21. The molecule has 0 heterocycles. The van der Waals surface area contributed by atoms with Gasteiger partial charge in [-0.1, -0.05) is 35.9 Å². The van der Waals surface area contributed by atoms with Crippen LogP contribution < -0.4 is 11.1 Å². The van der Waals surface area contributed by atoms with Crippen LogP contribution in [0.3, 0.4) is 0 Å². The van der Waals surface area contributed by atoms with Gasteiger partial charge in [0.25, 0.3) is 0 Å². The van der Waals surface area contributed by atoms with E-state index in [1.165, 1.54) is 0 Å². The van der Waals surface area contributed by atoms with Gasteiger partial charge in [0.2, 0.25) is 0 Å². The standard InChI is InChI=1S/C15H16ClN3O/c1-19(10-11-5-4-6-12(17)9-11)15(20)18-14-8-3-2-7-13(14)16/h2-9H,10,17H2,1H3,(H,18,20). The Balaban J connectivity index is 2.01. The van der Waals surface area contributed by atoms with E-state index in [0.717, 1.165) is 5.56 Å². The maximum Gasteiger partial charge on any atom is 0.321 e. The topological polar surface area (TPSA) is 58.4 Å². The molecule has 0 radical (unpaired) electrons. The number of para-hydroxylation sites is 1. The number of nitrogens with zero attached hydrogens (tertiary/aromatic N) is 1. The summed E-state index contributed by atoms with van der Waals surface area (Å²) in [5, 5.41) is 3.28. The van der Waals surface area contributed by atoms with Crippen LogP contribution in [0.2, 0.25) is 5.02 Å². The molecular formula is C15H16ClN3O. The van der Waals surface area contributed by atoms with Crippen molar-refractivity contribution < 1.29 is 4.79 Å². The Labute approximate surface area is 123 Å². The van der Waals surface area contributed by atoms with Gasteiger partial charge in [0, 0.05) is 19.3 Å². The molecule has 0 unspecified atom stereocenters. The van der Waals surface area contributed by atoms with Crippen LogP contribution in [0.15, 0.2) is 48.5 Å². The van der Waals surface area contributed by atoms with Crippen molar-refractivity contribution in [1.29, 1.82) is 0 Å². The minimum absolute atomic E-state index is 0.222. The van der Waals surface area contributed by atoms with E-state index in [9.17, 15) is 4.79 Å². The SMILES string of the molecule is CN(Cc1cccc(N)c1)C(=O)Nc1ccccc1Cl. The first-order chi connectivity index (χ1) is 9.56. The van der Waals surface area contributed by atoms with Gasteiger partial charge in [0.05, 0.1) is 10.7 Å². The molecule has 0 spiro atoms. The Morgan fingerprint density at radius 1 is 1.25 bits per heavy atom. The molecule has 5 heteroatoms. The first kappa shape index (κ1) is 14.2. The molecule has 4 nitrogen and oxygen atoms in total. The second-order valence-electron chi connectivity index (χ2n) is 4.51. The Morgan fingerprint density at radius 3 is 2.70 bits per heavy atom. The van der Waals surface area contributed by atoms with Crippen LogP contribution >= 0.6 is 11.6 Å². The molecule has 0 fully saturated rings. The molecule has 0 saturated heterocycles. The van der Waals surface area contributed by atoms with Crippen LogP contribution in [0.1, 0.15) is 5.56 Å². The van der Waals surface area contributed by atoms with Crippen molar-refractivity contribution in [3.63, 3.8) is 0 Å². The fourth-order valence-corrected chi connectivity index (χ4v) is 1.99. The highest BCUT2D eigenvalue weighted by atomic mass is 35.5. The summed E-state index contributed by atoms with van der Waals surface area (Å²) in [4.78, 5) is 13.6. The van der Waals surface area contributed by atoms with Crippen molar-refractivity contribution in [3.05, 3.63) is 59.1 Å². The third kappa shape index (κ3) is 3.65. The fraction of sp³-hybridized carbons (Fsp3) is 0.133. The van der Waals surface area contributed by atoms with Crippen molar-refractivity contribution in [1.82, 2.24) is 4.90 Å². The number of nitrogen functional groups attached to an aromatic ring is 1. The number of halogens is 1. The van der Waals surface area contributed by atoms with E-state index in [4.69, 9.17) is 17.3 Å². The average molecular weight is 290 g/mol. The van der Waals surface area contributed by atoms with Gasteiger partial charge >= 0.3 is 6.03 Å². The molecule has 0 aliphatic carbocycles. The summed E-state index contributed by atoms with van der Waals surface area (Å²) in [5.41, 5.74) is 7.97. The zero-order chi connectivity index (χ0) is 14.5. The minimum atomic E-state index is -0.222. The number of nitrogens with two attached hydrogens (primary N) is 1. The minimum Gasteiger partial charge on any atom is -0.399 e. The van der Waals surface area contributed by atoms with E-state index in [2.05, 4.69) is 5.32 Å². The van der Waals surface area contributed by atoms with Gasteiger partial charge in [-0.15, -0.1) is 0 Å². The molecule has 3 N–H and O–H groups in total. The summed E-state index contributed by atoms with van der Waals surface area (Å²) >= 11 is 6.00. The molecule has 2 amide bonds. The molecular weight excluding hydrogens is 274 g/mol. The third-order valence-electron chi connectivity index (χ3n) is 2.83. The van der Waals surface area contributed by atoms with Crippen LogP contribution in [0, 0.1) is 0 Å². The van der Waals surface area contributed by atoms with E-state index in [-0.39, 0.29) is 6.03 Å². The van der Waals surface area contributed by atoms with Crippen LogP contribution in [0.4, 0.5) is 16.2 Å². The number of amides is 2. The van der Waals surface area contributed by atoms with Gasteiger partial charge in [-0.05, 0) is 29.8 Å². The molecule has 0 saturated carbocycles. The van der Waals surface area contributed by atoms with Crippen LogP contribution in [-0.4, -0.2) is 18.0 Å². The number of benzene rings is 2. The predicted octanol–water partition coefficient (Wildman–Crippen LogP) is 3.59. The zero-order valence-electron chi connectivity index (χ0n) is 11.1. The number of carbonyl (C=O) groups excluding carboxylic acids is 1. The summed E-state index contributed by atoms with van der Waals surface area (Å²) in [7, 11) is 1.72. The highest BCUT2D eigenvalue weighted by Gasteiger charge is 2.10. The summed E-state index contributed by atoms with van der Waals surface area (Å²) in [6, 6.07) is 14.4. The lowest BCUT2D eigenvalue weighted by Gasteiger charge is -2.18. The number of hydrogen-bond donors (Lipinski definition) is 2. The van der Waals surface area contributed by atoms with Crippen molar-refractivity contribution in [2.45, 2.75) is 6.54 Å². The molecule has 2 rings (SSSR count). The summed E-state index contributed by atoms with van der Waals surface area (Å²) in [5.74, 6) is 0. The van der Waals surface area contributed by atoms with Gasteiger partial charge in [0.15, 0.2) is 0 Å². The second kappa shape index (κ2) is 6.30. The smallest absolute Gasteiger partial charge is 0.321 e. The number of nitrogens with one attached hydrogen (secondary N) is 1. The molecule has 0 aliphatic heterocycles. The van der Waals surface area contributed by atoms with E-state index in [0.29, 0.717) is 22.9 Å². The Morgan fingerprint density at radius 2 is 2.00 bits per heavy atom. The lowest BCUT2D eigenvalue weighted by molar-refractivity contribution is 0.220. The second-order valence-corrected chi connectivity index (χ2v) is 4.92. The monoisotopic (exact) mass is 289 g/mol. The lowest BCUT2D eigenvalue weighted by atomic mass is 10.2. The van der Waals surface area contributed by atoms with Gasteiger partial charge in [-0.2, -0.15) is 0 Å². The van der Waals surface area contributed by atoms with Crippen LogP contribution in [0.5, 0.6) is 0 Å². The maximum atomic E-state index is 12.1. The fourth-order valence-electron chi connectivity index (χ4n) is 1.81. The average Bonchev–Trinajstić information content (AvgIpc) is 2.41. The normalized spacial score (nSPS) is 10.1. The number of hydrogen-bond acceptors (Lipinski definition) is 2. The Bertz CT molecular complexity index is 616. The first-order valence-corrected chi connectivity index (χ1v) is 6.55. The summed E-state index contributed by atoms with van der Waals surface area (Å²) in [6.07, 6.45) is 0. The van der Waals surface area contributed by atoms with E-state index >= 15 is 0 Å². The summed E-state index contributed by atoms with van der Waals surface area (Å²) in [6.45, 7) is 0.474. The molecule has 20 heavy (non-hydrogen) atoms. The Kier molecular flexibility index (Phi) is 4.48. The van der Waals surface area contributed by atoms with Gasteiger partial charge in [-0.3, -0.25) is 0 Å². The zero-order valence-corrected chi connectivity index (χ0v) is 11.9. The number of carbonyl (C=O) groups is 1. The van der Waals surface area contributed by atoms with Gasteiger partial charge < -0.3 is 16.0 Å². The van der Waals surface area contributed by atoms with Crippen molar-refractivity contribution in [2.24, 2.45) is 0 Å². The van der Waals surface area contributed by atoms with E-state index in [1.54, 1.807) is 24.1 Å². The highest BCUT2D eigenvalue weighted by molar-refractivity contribution is 6.33.